The van der Waals surface area contributed by atoms with Crippen molar-refractivity contribution in [1.82, 2.24) is 15.1 Å². The number of nitrogens with one attached hydrogen (secondary N) is 1. The Hall–Kier alpha value is -1.31. The number of carbonyl (C=O) groups is 2. The predicted octanol–water partition coefficient (Wildman–Crippen LogP) is 2.17. The van der Waals surface area contributed by atoms with Crippen molar-refractivity contribution in [2.75, 3.05) is 32.7 Å². The molecule has 5 nitrogen and oxygen atoms in total. The van der Waals surface area contributed by atoms with Crippen molar-refractivity contribution in [3.05, 3.63) is 0 Å². The molecule has 2 aliphatic heterocycles. The Balaban J connectivity index is 1.52. The molecule has 0 aromatic heterocycles. The molecule has 1 aliphatic carbocycles. The molecule has 2 saturated heterocycles. The molecule has 26 heavy (non-hydrogen) atoms. The Morgan fingerprint density at radius 2 is 1.81 bits per heavy atom. The van der Waals surface area contributed by atoms with Gasteiger partial charge in [-0.25, -0.2) is 0 Å². The first-order valence-corrected chi connectivity index (χ1v) is 9.57. The third-order valence-corrected chi connectivity index (χ3v) is 6.02. The standard InChI is InChI=1S/C18H28F3N3O2/c1-17(6-7-17)16(26)22-14-12-24(11-13(14)18(19,20)21)15(25)5-4-10-23-8-2-3-9-23/h13-14H,2-12H2,1H3,(H,22,26)/t13-,14-/m1/s1. The van der Waals surface area contributed by atoms with Crippen molar-refractivity contribution in [3.8, 4) is 0 Å². The van der Waals surface area contributed by atoms with Gasteiger partial charge in [0.2, 0.25) is 11.8 Å². The van der Waals surface area contributed by atoms with Gasteiger partial charge in [0.25, 0.3) is 0 Å². The third kappa shape index (κ3) is 4.50. The van der Waals surface area contributed by atoms with Gasteiger partial charge in [0.15, 0.2) is 0 Å². The molecule has 3 fully saturated rings. The Kier molecular flexibility index (Phi) is 5.51. The molecule has 3 aliphatic rings. The number of nitrogens with zero attached hydrogens (tertiary/aromatic N) is 2. The van der Waals surface area contributed by atoms with Crippen LogP contribution < -0.4 is 5.32 Å². The van der Waals surface area contributed by atoms with Gasteiger partial charge < -0.3 is 15.1 Å². The van der Waals surface area contributed by atoms with Crippen LogP contribution in [0.3, 0.4) is 0 Å². The number of carbonyl (C=O) groups excluding carboxylic acids is 2. The summed E-state index contributed by atoms with van der Waals surface area (Å²) < 4.78 is 40.1. The fourth-order valence-electron chi connectivity index (χ4n) is 3.86. The average Bonchev–Trinajstić information content (AvgIpc) is 3.00. The van der Waals surface area contributed by atoms with Crippen molar-refractivity contribution in [2.45, 2.75) is 57.7 Å². The van der Waals surface area contributed by atoms with E-state index in [1.165, 1.54) is 17.7 Å². The van der Waals surface area contributed by atoms with E-state index >= 15 is 0 Å². The second-order valence-corrected chi connectivity index (χ2v) is 8.24. The minimum Gasteiger partial charge on any atom is -0.350 e. The normalized spacial score (nSPS) is 28.4. The van der Waals surface area contributed by atoms with Crippen molar-refractivity contribution in [2.24, 2.45) is 11.3 Å². The van der Waals surface area contributed by atoms with E-state index in [4.69, 9.17) is 0 Å². The topological polar surface area (TPSA) is 52.7 Å². The summed E-state index contributed by atoms with van der Waals surface area (Å²) in [5.41, 5.74) is -0.524. The molecule has 2 atom stereocenters. The fourth-order valence-corrected chi connectivity index (χ4v) is 3.86. The van der Waals surface area contributed by atoms with Gasteiger partial charge in [-0.2, -0.15) is 13.2 Å². The van der Waals surface area contributed by atoms with Crippen LogP contribution in [-0.4, -0.2) is 66.6 Å². The maximum absolute atomic E-state index is 13.4. The molecule has 148 valence electrons. The van der Waals surface area contributed by atoms with Crippen LogP contribution in [0.1, 0.15) is 45.4 Å². The summed E-state index contributed by atoms with van der Waals surface area (Å²) in [4.78, 5) is 28.1. The van der Waals surface area contributed by atoms with Gasteiger partial charge in [-0.15, -0.1) is 0 Å². The van der Waals surface area contributed by atoms with Gasteiger partial charge in [-0.05, 0) is 51.7 Å². The molecule has 3 rings (SSSR count). The second-order valence-electron chi connectivity index (χ2n) is 8.24. The van der Waals surface area contributed by atoms with Gasteiger partial charge in [0, 0.05) is 24.9 Å². The lowest BCUT2D eigenvalue weighted by molar-refractivity contribution is -0.176. The van der Waals surface area contributed by atoms with E-state index in [0.29, 0.717) is 19.3 Å². The van der Waals surface area contributed by atoms with Crippen LogP contribution in [-0.2, 0) is 9.59 Å². The van der Waals surface area contributed by atoms with Crippen molar-refractivity contribution >= 4 is 11.8 Å². The lowest BCUT2D eigenvalue weighted by Crippen LogP contribution is -2.47. The zero-order valence-corrected chi connectivity index (χ0v) is 15.3. The van der Waals surface area contributed by atoms with Crippen molar-refractivity contribution in [3.63, 3.8) is 0 Å². The Morgan fingerprint density at radius 1 is 1.15 bits per heavy atom. The summed E-state index contributed by atoms with van der Waals surface area (Å²) in [7, 11) is 0. The van der Waals surface area contributed by atoms with E-state index in [2.05, 4.69) is 10.2 Å². The van der Waals surface area contributed by atoms with Gasteiger partial charge in [0.05, 0.1) is 12.0 Å². The molecular formula is C18H28F3N3O2. The van der Waals surface area contributed by atoms with E-state index in [0.717, 1.165) is 19.6 Å². The molecule has 1 saturated carbocycles. The van der Waals surface area contributed by atoms with Gasteiger partial charge in [-0.3, -0.25) is 9.59 Å². The molecule has 0 unspecified atom stereocenters. The monoisotopic (exact) mass is 375 g/mol. The van der Waals surface area contributed by atoms with Crippen molar-refractivity contribution in [1.29, 1.82) is 0 Å². The predicted molar refractivity (Wildman–Crippen MR) is 90.3 cm³/mol. The molecule has 1 N–H and O–H groups in total. The number of halogens is 3. The smallest absolute Gasteiger partial charge is 0.350 e. The van der Waals surface area contributed by atoms with E-state index in [1.54, 1.807) is 6.92 Å². The van der Waals surface area contributed by atoms with Gasteiger partial charge >= 0.3 is 6.18 Å². The minimum absolute atomic E-state index is 0.0471. The summed E-state index contributed by atoms with van der Waals surface area (Å²) in [6.07, 6.45) is 0.275. The Bertz CT molecular complexity index is 542. The van der Waals surface area contributed by atoms with Crippen LogP contribution in [0.15, 0.2) is 0 Å². The van der Waals surface area contributed by atoms with Crippen LogP contribution in [0.4, 0.5) is 13.2 Å². The number of hydrogen-bond donors (Lipinski definition) is 1. The van der Waals surface area contributed by atoms with Gasteiger partial charge in [-0.1, -0.05) is 6.92 Å². The van der Waals surface area contributed by atoms with Crippen LogP contribution >= 0.6 is 0 Å². The fraction of sp³-hybridized carbons (Fsp3) is 0.889. The quantitative estimate of drug-likeness (QED) is 0.774. The first kappa shape index (κ1) is 19.5. The van der Waals surface area contributed by atoms with Crippen LogP contribution in [0, 0.1) is 11.3 Å². The maximum atomic E-state index is 13.4. The molecule has 0 spiro atoms. The van der Waals surface area contributed by atoms with E-state index in [-0.39, 0.29) is 31.3 Å². The highest BCUT2D eigenvalue weighted by Gasteiger charge is 2.53. The Labute approximate surface area is 152 Å². The highest BCUT2D eigenvalue weighted by Crippen LogP contribution is 2.45. The number of rotatable bonds is 6. The molecule has 0 aromatic carbocycles. The summed E-state index contributed by atoms with van der Waals surface area (Å²) >= 11 is 0. The highest BCUT2D eigenvalue weighted by molar-refractivity contribution is 5.85. The summed E-state index contributed by atoms with van der Waals surface area (Å²) in [5.74, 6) is -2.25. The second kappa shape index (κ2) is 7.37. The molecule has 0 aromatic rings. The van der Waals surface area contributed by atoms with E-state index < -0.39 is 23.6 Å². The summed E-state index contributed by atoms with van der Waals surface area (Å²) in [6.45, 7) is 4.27. The van der Waals surface area contributed by atoms with Crippen molar-refractivity contribution < 1.29 is 22.8 Å². The summed E-state index contributed by atoms with van der Waals surface area (Å²) in [5, 5.41) is 2.56. The first-order chi connectivity index (χ1) is 12.2. The van der Waals surface area contributed by atoms with Gasteiger partial charge in [0.1, 0.15) is 0 Å². The van der Waals surface area contributed by atoms with Crippen LogP contribution in [0.25, 0.3) is 0 Å². The molecular weight excluding hydrogens is 347 g/mol. The average molecular weight is 375 g/mol. The molecule has 2 amide bonds. The molecule has 0 radical (unpaired) electrons. The molecule has 2 heterocycles. The number of hydrogen-bond acceptors (Lipinski definition) is 3. The lowest BCUT2D eigenvalue weighted by atomic mass is 10.0. The number of alkyl halides is 3. The SMILES string of the molecule is CC1(C(=O)N[C@@H]2CN(C(=O)CCCN3CCCC3)C[C@H]2C(F)(F)F)CC1. The lowest BCUT2D eigenvalue weighted by Gasteiger charge is -2.23. The first-order valence-electron chi connectivity index (χ1n) is 9.57. The largest absolute Gasteiger partial charge is 0.395 e. The van der Waals surface area contributed by atoms with E-state index in [1.807, 2.05) is 0 Å². The van der Waals surface area contributed by atoms with Crippen LogP contribution in [0.2, 0.25) is 0 Å². The Morgan fingerprint density at radius 3 is 2.38 bits per heavy atom. The molecule has 0 bridgehead atoms. The van der Waals surface area contributed by atoms with Crippen LogP contribution in [0.5, 0.6) is 0 Å². The highest BCUT2D eigenvalue weighted by atomic mass is 19.4. The zero-order chi connectivity index (χ0) is 18.9. The zero-order valence-electron chi connectivity index (χ0n) is 15.3. The third-order valence-electron chi connectivity index (χ3n) is 6.02. The summed E-state index contributed by atoms with van der Waals surface area (Å²) in [6, 6.07) is -1.04. The van der Waals surface area contributed by atoms with E-state index in [9.17, 15) is 22.8 Å². The number of likely N-dealkylation sites (tertiary alicyclic amines) is 2. The molecule has 8 heteroatoms. The maximum Gasteiger partial charge on any atom is 0.395 e. The number of amides is 2. The minimum atomic E-state index is -4.42.